The summed E-state index contributed by atoms with van der Waals surface area (Å²) >= 11 is 0. The van der Waals surface area contributed by atoms with Gasteiger partial charge in [-0.2, -0.15) is 0 Å². The van der Waals surface area contributed by atoms with Crippen LogP contribution in [0.2, 0.25) is 0 Å². The maximum Gasteiger partial charge on any atom is 0.131 e. The van der Waals surface area contributed by atoms with Gasteiger partial charge in [0.05, 0.1) is 14.2 Å². The molecule has 1 aromatic carbocycles. The highest BCUT2D eigenvalue weighted by Crippen LogP contribution is 2.23. The fourth-order valence-corrected chi connectivity index (χ4v) is 3.37. The molecule has 0 aliphatic carbocycles. The normalized spacial score (nSPS) is 20.6. The predicted molar refractivity (Wildman–Crippen MR) is 92.6 cm³/mol. The third-order valence-electron chi connectivity index (χ3n) is 4.78. The molecule has 5 nitrogen and oxygen atoms in total. The summed E-state index contributed by atoms with van der Waals surface area (Å²) in [6, 6.07) is 10.3. The first-order valence-electron chi connectivity index (χ1n) is 8.55. The summed E-state index contributed by atoms with van der Waals surface area (Å²) in [6.07, 6.45) is 3.82. The first-order chi connectivity index (χ1) is 11.8. The molecule has 2 heterocycles. The van der Waals surface area contributed by atoms with Gasteiger partial charge in [0.2, 0.25) is 0 Å². The number of nitrogens with one attached hydrogen (secondary N) is 2. The van der Waals surface area contributed by atoms with Gasteiger partial charge in [0, 0.05) is 29.6 Å². The van der Waals surface area contributed by atoms with E-state index < -0.39 is 0 Å². The number of hydrogen-bond acceptors (Lipinski definition) is 3. The summed E-state index contributed by atoms with van der Waals surface area (Å²) in [5.41, 5.74) is 2.58. The van der Waals surface area contributed by atoms with Crippen LogP contribution in [0.5, 0.6) is 11.5 Å². The zero-order valence-corrected chi connectivity index (χ0v) is 14.5. The molecule has 1 fully saturated rings. The number of benzene rings is 1. The summed E-state index contributed by atoms with van der Waals surface area (Å²) in [5, 5.41) is 0. The third kappa shape index (κ3) is 4.24. The average Bonchev–Trinajstić information content (AvgIpc) is 2.64. The number of quaternary nitrogens is 2. The summed E-state index contributed by atoms with van der Waals surface area (Å²) in [4.78, 5) is 7.48. The Labute approximate surface area is 143 Å². The minimum absolute atomic E-state index is 0.844. The highest BCUT2D eigenvalue weighted by molar-refractivity contribution is 5.40. The molecule has 0 amide bonds. The van der Waals surface area contributed by atoms with E-state index in [9.17, 15) is 0 Å². The fraction of sp³-hybridized carbons (Fsp3) is 0.421. The van der Waals surface area contributed by atoms with Gasteiger partial charge in [0.25, 0.3) is 0 Å². The quantitative estimate of drug-likeness (QED) is 0.756. The van der Waals surface area contributed by atoms with Crippen molar-refractivity contribution in [2.45, 2.75) is 13.1 Å². The monoisotopic (exact) mass is 329 g/mol. The zero-order valence-electron chi connectivity index (χ0n) is 14.5. The van der Waals surface area contributed by atoms with E-state index in [2.05, 4.69) is 17.1 Å². The van der Waals surface area contributed by atoms with Crippen LogP contribution in [0, 0.1) is 0 Å². The molecule has 2 N–H and O–H groups in total. The second kappa shape index (κ2) is 8.13. The van der Waals surface area contributed by atoms with Crippen LogP contribution in [0.3, 0.4) is 0 Å². The lowest BCUT2D eigenvalue weighted by molar-refractivity contribution is -1.02. The lowest BCUT2D eigenvalue weighted by Gasteiger charge is -2.30. The molecule has 1 saturated heterocycles. The number of nitrogens with zero attached hydrogens (tertiary/aromatic N) is 1. The standard InChI is InChI=1S/C19H25N3O2/c1-23-18-6-5-17(19(12-18)24-2)15-22-10-8-21(9-11-22)14-16-4-3-7-20-13-16/h3-7,12-13H,8-11,14-15H2,1-2H3/p+2. The Morgan fingerprint density at radius 1 is 0.958 bits per heavy atom. The summed E-state index contributed by atoms with van der Waals surface area (Å²) < 4.78 is 10.8. The minimum Gasteiger partial charge on any atom is -0.497 e. The van der Waals surface area contributed by atoms with E-state index in [1.165, 1.54) is 37.3 Å². The van der Waals surface area contributed by atoms with E-state index in [1.54, 1.807) is 24.0 Å². The Balaban J connectivity index is 1.54. The fourth-order valence-electron chi connectivity index (χ4n) is 3.37. The van der Waals surface area contributed by atoms with Gasteiger partial charge in [-0.05, 0) is 18.2 Å². The van der Waals surface area contributed by atoms with Crippen LogP contribution >= 0.6 is 0 Å². The number of hydrogen-bond donors (Lipinski definition) is 2. The van der Waals surface area contributed by atoms with Crippen LogP contribution in [-0.4, -0.2) is 45.4 Å². The molecule has 0 atom stereocenters. The summed E-state index contributed by atoms with van der Waals surface area (Å²) in [7, 11) is 3.41. The van der Waals surface area contributed by atoms with Crippen LogP contribution in [0.1, 0.15) is 11.1 Å². The number of rotatable bonds is 6. The molecule has 2 aromatic rings. The molecular formula is C19H27N3O2+2. The number of pyridine rings is 1. The van der Waals surface area contributed by atoms with Gasteiger partial charge < -0.3 is 19.3 Å². The highest BCUT2D eigenvalue weighted by Gasteiger charge is 2.24. The van der Waals surface area contributed by atoms with Crippen molar-refractivity contribution < 1.29 is 19.3 Å². The topological polar surface area (TPSA) is 40.2 Å². The van der Waals surface area contributed by atoms with E-state index in [4.69, 9.17) is 9.47 Å². The molecule has 1 aliphatic heterocycles. The Kier molecular flexibility index (Phi) is 5.67. The Morgan fingerprint density at radius 3 is 2.33 bits per heavy atom. The van der Waals surface area contributed by atoms with E-state index in [0.717, 1.165) is 24.6 Å². The second-order valence-corrected chi connectivity index (χ2v) is 6.39. The van der Waals surface area contributed by atoms with Crippen molar-refractivity contribution in [1.82, 2.24) is 4.98 Å². The molecule has 24 heavy (non-hydrogen) atoms. The molecule has 1 aromatic heterocycles. The van der Waals surface area contributed by atoms with Gasteiger partial charge in [0.1, 0.15) is 50.8 Å². The Hall–Kier alpha value is -2.11. The van der Waals surface area contributed by atoms with Crippen molar-refractivity contribution in [2.24, 2.45) is 0 Å². The largest absolute Gasteiger partial charge is 0.497 e. The first kappa shape index (κ1) is 16.7. The van der Waals surface area contributed by atoms with Gasteiger partial charge in [-0.1, -0.05) is 6.07 Å². The van der Waals surface area contributed by atoms with Gasteiger partial charge in [-0.25, -0.2) is 0 Å². The molecule has 3 rings (SSSR count). The van der Waals surface area contributed by atoms with E-state index >= 15 is 0 Å². The number of piperazine rings is 1. The van der Waals surface area contributed by atoms with E-state index in [0.29, 0.717) is 0 Å². The van der Waals surface area contributed by atoms with Crippen LogP contribution in [-0.2, 0) is 13.1 Å². The summed E-state index contributed by atoms with van der Waals surface area (Å²) in [5.74, 6) is 1.77. The third-order valence-corrected chi connectivity index (χ3v) is 4.78. The summed E-state index contributed by atoms with van der Waals surface area (Å²) in [6.45, 7) is 6.85. The van der Waals surface area contributed by atoms with Crippen molar-refractivity contribution in [1.29, 1.82) is 0 Å². The van der Waals surface area contributed by atoms with Gasteiger partial charge in [0.15, 0.2) is 0 Å². The zero-order chi connectivity index (χ0) is 16.8. The van der Waals surface area contributed by atoms with Crippen molar-refractivity contribution in [2.75, 3.05) is 40.4 Å². The van der Waals surface area contributed by atoms with Crippen LogP contribution in [0.4, 0.5) is 0 Å². The van der Waals surface area contributed by atoms with E-state index in [-0.39, 0.29) is 0 Å². The van der Waals surface area contributed by atoms with E-state index in [1.807, 2.05) is 30.6 Å². The molecule has 5 heteroatoms. The van der Waals surface area contributed by atoms with Gasteiger partial charge >= 0.3 is 0 Å². The van der Waals surface area contributed by atoms with Gasteiger partial charge in [-0.3, -0.25) is 4.98 Å². The smallest absolute Gasteiger partial charge is 0.131 e. The molecule has 0 saturated carbocycles. The SMILES string of the molecule is COc1ccc(C[NH+]2CC[NH+](Cc3cccnc3)CC2)c(OC)c1. The second-order valence-electron chi connectivity index (χ2n) is 6.39. The molecule has 128 valence electrons. The molecule has 0 unspecified atom stereocenters. The maximum atomic E-state index is 5.52. The average molecular weight is 329 g/mol. The molecule has 0 radical (unpaired) electrons. The number of methoxy groups -OCH3 is 2. The van der Waals surface area contributed by atoms with Crippen LogP contribution < -0.4 is 19.3 Å². The molecule has 1 aliphatic rings. The molecule has 0 spiro atoms. The Bertz CT molecular complexity index is 640. The first-order valence-corrected chi connectivity index (χ1v) is 8.55. The van der Waals surface area contributed by atoms with Gasteiger partial charge in [-0.15, -0.1) is 0 Å². The molecule has 0 bridgehead atoms. The van der Waals surface area contributed by atoms with Crippen molar-refractivity contribution in [3.05, 3.63) is 53.9 Å². The van der Waals surface area contributed by atoms with Crippen molar-refractivity contribution >= 4 is 0 Å². The number of aromatic nitrogens is 1. The lowest BCUT2D eigenvalue weighted by Crippen LogP contribution is -3.27. The van der Waals surface area contributed by atoms with Crippen LogP contribution in [0.15, 0.2) is 42.7 Å². The predicted octanol–water partition coefficient (Wildman–Crippen LogP) is -0.418. The minimum atomic E-state index is 0.844. The maximum absolute atomic E-state index is 5.52. The number of ether oxygens (including phenoxy) is 2. The van der Waals surface area contributed by atoms with Crippen molar-refractivity contribution in [3.63, 3.8) is 0 Å². The Morgan fingerprint density at radius 2 is 1.71 bits per heavy atom. The molecular weight excluding hydrogens is 302 g/mol. The van der Waals surface area contributed by atoms with Crippen LogP contribution in [0.25, 0.3) is 0 Å². The van der Waals surface area contributed by atoms with Crippen molar-refractivity contribution in [3.8, 4) is 11.5 Å². The lowest BCUT2D eigenvalue weighted by atomic mass is 10.1. The highest BCUT2D eigenvalue weighted by atomic mass is 16.5.